The van der Waals surface area contributed by atoms with Gasteiger partial charge in [-0.2, -0.15) is 0 Å². The van der Waals surface area contributed by atoms with Gasteiger partial charge in [0, 0.05) is 6.20 Å². The van der Waals surface area contributed by atoms with Gasteiger partial charge in [0.1, 0.15) is 5.52 Å². The third-order valence-corrected chi connectivity index (χ3v) is 4.02. The van der Waals surface area contributed by atoms with E-state index in [0.29, 0.717) is 0 Å². The molecule has 7 heteroatoms. The summed E-state index contributed by atoms with van der Waals surface area (Å²) >= 11 is 0. The first kappa shape index (κ1) is 13.7. The number of fused-ring (bicyclic) bond motifs is 1. The number of pyridine rings is 1. The lowest BCUT2D eigenvalue weighted by atomic mass is 9.77. The van der Waals surface area contributed by atoms with E-state index in [1.165, 1.54) is 12.3 Å². The summed E-state index contributed by atoms with van der Waals surface area (Å²) in [5.74, 6) is -0.729. The summed E-state index contributed by atoms with van der Waals surface area (Å²) < 4.78 is 14.3. The first-order valence-electron chi connectivity index (χ1n) is 6.67. The number of aromatic nitrogens is 1. The Morgan fingerprint density at radius 2 is 2.29 bits per heavy atom. The fraction of sp³-hybridized carbons (Fsp3) is 0.357. The number of non-ortho nitro benzene ring substituents is 1. The number of anilines is 1. The lowest BCUT2D eigenvalue weighted by Crippen LogP contribution is -2.48. The highest BCUT2D eigenvalue weighted by Crippen LogP contribution is 2.39. The molecule has 2 aromatic rings. The zero-order chi connectivity index (χ0) is 15.0. The fourth-order valence-electron chi connectivity index (χ4n) is 2.66. The van der Waals surface area contributed by atoms with Gasteiger partial charge < -0.3 is 10.4 Å². The van der Waals surface area contributed by atoms with Crippen LogP contribution in [0.5, 0.6) is 0 Å². The van der Waals surface area contributed by atoms with Crippen molar-refractivity contribution >= 4 is 22.3 Å². The van der Waals surface area contributed by atoms with Gasteiger partial charge in [0.2, 0.25) is 0 Å². The Bertz CT molecular complexity index is 710. The van der Waals surface area contributed by atoms with E-state index >= 15 is 0 Å². The van der Waals surface area contributed by atoms with Gasteiger partial charge >= 0.3 is 0 Å². The average Bonchev–Trinajstić information content (AvgIpc) is 2.44. The van der Waals surface area contributed by atoms with Gasteiger partial charge in [-0.05, 0) is 31.4 Å². The van der Waals surface area contributed by atoms with Gasteiger partial charge in [0.05, 0.1) is 34.2 Å². The van der Waals surface area contributed by atoms with Crippen LogP contribution in [-0.2, 0) is 0 Å². The molecule has 110 valence electrons. The average molecular weight is 291 g/mol. The van der Waals surface area contributed by atoms with Crippen LogP contribution in [-0.4, -0.2) is 27.2 Å². The molecule has 0 spiro atoms. The van der Waals surface area contributed by atoms with Crippen molar-refractivity contribution < 1.29 is 14.4 Å². The number of nitro benzene ring substituents is 1. The third kappa shape index (κ3) is 2.19. The number of nitrogens with one attached hydrogen (secondary N) is 1. The van der Waals surface area contributed by atoms with Gasteiger partial charge in [0.25, 0.3) is 5.69 Å². The molecule has 0 atom stereocenters. The van der Waals surface area contributed by atoms with Crippen LogP contribution in [0.3, 0.4) is 0 Å². The molecule has 0 aliphatic heterocycles. The van der Waals surface area contributed by atoms with Gasteiger partial charge in [-0.15, -0.1) is 0 Å². The minimum atomic E-state index is -0.729. The van der Waals surface area contributed by atoms with Crippen molar-refractivity contribution in [3.8, 4) is 0 Å². The van der Waals surface area contributed by atoms with Crippen LogP contribution in [0.25, 0.3) is 10.9 Å². The van der Waals surface area contributed by atoms with Crippen LogP contribution in [0.15, 0.2) is 24.4 Å². The van der Waals surface area contributed by atoms with Gasteiger partial charge in [-0.1, -0.05) is 0 Å². The Morgan fingerprint density at radius 3 is 2.86 bits per heavy atom. The summed E-state index contributed by atoms with van der Waals surface area (Å²) in [7, 11) is 0. The Hall–Kier alpha value is -2.28. The topological polar surface area (TPSA) is 88.3 Å². The molecule has 3 rings (SSSR count). The van der Waals surface area contributed by atoms with Gasteiger partial charge in [0.15, 0.2) is 5.82 Å². The van der Waals surface area contributed by atoms with Crippen molar-refractivity contribution in [2.24, 2.45) is 0 Å². The molecule has 0 amide bonds. The summed E-state index contributed by atoms with van der Waals surface area (Å²) in [5.41, 5.74) is -0.539. The number of aliphatic hydroxyl groups is 1. The Kier molecular flexibility index (Phi) is 3.21. The number of halogens is 1. The van der Waals surface area contributed by atoms with Gasteiger partial charge in [-0.3, -0.25) is 15.1 Å². The molecule has 6 nitrogen and oxygen atoms in total. The second-order valence-corrected chi connectivity index (χ2v) is 5.33. The molecule has 1 fully saturated rings. The van der Waals surface area contributed by atoms with E-state index in [1.54, 1.807) is 6.07 Å². The van der Waals surface area contributed by atoms with Crippen LogP contribution in [0.2, 0.25) is 0 Å². The second kappa shape index (κ2) is 4.92. The molecule has 21 heavy (non-hydrogen) atoms. The second-order valence-electron chi connectivity index (χ2n) is 5.33. The minimum absolute atomic E-state index is 0.113. The van der Waals surface area contributed by atoms with Crippen molar-refractivity contribution in [1.82, 2.24) is 4.98 Å². The molecule has 0 unspecified atom stereocenters. The van der Waals surface area contributed by atoms with E-state index in [2.05, 4.69) is 10.3 Å². The zero-order valence-electron chi connectivity index (χ0n) is 11.2. The highest BCUT2D eigenvalue weighted by molar-refractivity contribution is 5.97. The number of benzene rings is 1. The van der Waals surface area contributed by atoms with Crippen molar-refractivity contribution in [1.29, 1.82) is 0 Å². The molecule has 0 saturated heterocycles. The molecule has 0 radical (unpaired) electrons. The molecule has 0 bridgehead atoms. The predicted molar refractivity (Wildman–Crippen MR) is 75.6 cm³/mol. The first-order valence-corrected chi connectivity index (χ1v) is 6.67. The van der Waals surface area contributed by atoms with Crippen molar-refractivity contribution in [3.63, 3.8) is 0 Å². The SMILES string of the molecule is O=[N+]([O-])c1cc(F)c(NC2(CO)CCC2)c2ncccc12. The molecule has 1 saturated carbocycles. The largest absolute Gasteiger partial charge is 0.394 e. The quantitative estimate of drug-likeness (QED) is 0.667. The fourth-order valence-corrected chi connectivity index (χ4v) is 2.66. The maximum atomic E-state index is 14.3. The summed E-state index contributed by atoms with van der Waals surface area (Å²) in [6, 6.07) is 4.01. The molecule has 1 aromatic carbocycles. The van der Waals surface area contributed by atoms with E-state index in [1.807, 2.05) is 0 Å². The number of rotatable bonds is 4. The highest BCUT2D eigenvalue weighted by atomic mass is 19.1. The Balaban J connectivity index is 2.17. The molecular weight excluding hydrogens is 277 g/mol. The smallest absolute Gasteiger partial charge is 0.281 e. The highest BCUT2D eigenvalue weighted by Gasteiger charge is 2.37. The first-order chi connectivity index (χ1) is 10.1. The van der Waals surface area contributed by atoms with E-state index in [0.717, 1.165) is 25.3 Å². The van der Waals surface area contributed by atoms with Crippen LogP contribution < -0.4 is 5.32 Å². The van der Waals surface area contributed by atoms with Crippen LogP contribution in [0, 0.1) is 15.9 Å². The maximum Gasteiger partial charge on any atom is 0.281 e. The van der Waals surface area contributed by atoms with Crippen molar-refractivity contribution in [2.45, 2.75) is 24.8 Å². The monoisotopic (exact) mass is 291 g/mol. The van der Waals surface area contributed by atoms with Gasteiger partial charge in [-0.25, -0.2) is 4.39 Å². The summed E-state index contributed by atoms with van der Waals surface area (Å²) in [6.45, 7) is -0.113. The van der Waals surface area contributed by atoms with E-state index in [-0.39, 0.29) is 28.9 Å². The molecule has 1 heterocycles. The predicted octanol–water partition coefficient (Wildman–Crippen LogP) is 2.61. The molecule has 1 aliphatic carbocycles. The van der Waals surface area contributed by atoms with Crippen LogP contribution in [0.4, 0.5) is 15.8 Å². The normalized spacial score (nSPS) is 16.5. The van der Waals surface area contributed by atoms with Crippen molar-refractivity contribution in [2.75, 3.05) is 11.9 Å². The number of hydrogen-bond acceptors (Lipinski definition) is 5. The summed E-state index contributed by atoms with van der Waals surface area (Å²) in [6.07, 6.45) is 3.87. The Morgan fingerprint density at radius 1 is 1.52 bits per heavy atom. The molecule has 2 N–H and O–H groups in total. The number of nitrogens with zero attached hydrogens (tertiary/aromatic N) is 2. The van der Waals surface area contributed by atoms with Crippen LogP contribution in [0.1, 0.15) is 19.3 Å². The van der Waals surface area contributed by atoms with E-state index < -0.39 is 16.3 Å². The molecular formula is C14H14FN3O3. The lowest BCUT2D eigenvalue weighted by Gasteiger charge is -2.42. The number of aliphatic hydroxyl groups excluding tert-OH is 1. The van der Waals surface area contributed by atoms with Crippen LogP contribution >= 0.6 is 0 Å². The van der Waals surface area contributed by atoms with E-state index in [4.69, 9.17) is 0 Å². The summed E-state index contributed by atoms with van der Waals surface area (Å²) in [4.78, 5) is 14.5. The molecule has 1 aliphatic rings. The minimum Gasteiger partial charge on any atom is -0.394 e. The number of nitro groups is 1. The lowest BCUT2D eigenvalue weighted by molar-refractivity contribution is -0.383. The summed E-state index contributed by atoms with van der Waals surface area (Å²) in [5, 5.41) is 23.8. The van der Waals surface area contributed by atoms with Crippen molar-refractivity contribution in [3.05, 3.63) is 40.3 Å². The van der Waals surface area contributed by atoms with E-state index in [9.17, 15) is 19.6 Å². The Labute approximate surface area is 119 Å². The third-order valence-electron chi connectivity index (χ3n) is 4.02. The zero-order valence-corrected chi connectivity index (χ0v) is 11.2. The number of hydrogen-bond donors (Lipinski definition) is 2. The molecule has 1 aromatic heterocycles. The maximum absolute atomic E-state index is 14.3. The standard InChI is InChI=1S/C14H14FN3O3/c15-10-7-11(18(20)21)9-3-1-6-16-12(9)13(10)17-14(8-19)4-2-5-14/h1,3,6-7,17,19H,2,4-5,8H2.